The van der Waals surface area contributed by atoms with Gasteiger partial charge in [0.2, 0.25) is 94.5 Å². The van der Waals surface area contributed by atoms with Crippen molar-refractivity contribution in [1.82, 2.24) is 73.8 Å². The largest absolute Gasteiger partial charge is 0.492 e. The fourth-order valence-electron chi connectivity index (χ4n) is 11.5. The molecule has 1 fully saturated rings. The molecule has 0 aliphatic carbocycles. The van der Waals surface area contributed by atoms with Crippen molar-refractivity contribution < 1.29 is 96.5 Å². The Bertz CT molecular complexity index is 4000. The molecule has 112 heavy (non-hydrogen) atoms. The maximum atomic E-state index is 15.6. The lowest BCUT2D eigenvalue weighted by Gasteiger charge is -2.34. The number of aliphatic hydroxyl groups excluding tert-OH is 1. The highest BCUT2D eigenvalue weighted by molar-refractivity contribution is 7.99. The summed E-state index contributed by atoms with van der Waals surface area (Å²) in [6.45, 7) is 3.09. The number of hydrogen-bond donors (Lipinski definition) is 21. The van der Waals surface area contributed by atoms with Gasteiger partial charge in [0.1, 0.15) is 78.3 Å². The lowest BCUT2D eigenvalue weighted by Crippen LogP contribution is -2.64. The van der Waals surface area contributed by atoms with Crippen LogP contribution in [0.15, 0.2) is 79.3 Å². The summed E-state index contributed by atoms with van der Waals surface area (Å²) >= 11 is 0.907. The summed E-state index contributed by atoms with van der Waals surface area (Å²) in [6.07, 6.45) is -4.78. The lowest BCUT2D eigenvalue weighted by atomic mass is 9.91. The van der Waals surface area contributed by atoms with Crippen LogP contribution in [-0.2, 0) is 101 Å². The third kappa shape index (κ3) is 30.9. The molecule has 3 aromatic carbocycles. The number of carbonyl (C=O) groups excluding carboxylic acids is 16. The van der Waals surface area contributed by atoms with Crippen LogP contribution in [0.4, 0.5) is 0 Å². The van der Waals surface area contributed by atoms with Gasteiger partial charge in [-0.15, -0.1) is 0 Å². The lowest BCUT2D eigenvalue weighted by molar-refractivity contribution is -0.140. The molecule has 0 unspecified atom stereocenters. The Hall–Kier alpha value is -11.8. The predicted molar refractivity (Wildman–Crippen MR) is 402 cm³/mol. The van der Waals surface area contributed by atoms with Crippen LogP contribution in [0.25, 0.3) is 10.8 Å². The van der Waals surface area contributed by atoms with Crippen molar-refractivity contribution in [2.24, 2.45) is 34.4 Å². The second kappa shape index (κ2) is 45.3. The smallest absolute Gasteiger partial charge is 0.303 e. The summed E-state index contributed by atoms with van der Waals surface area (Å²) in [5.41, 5.74) is 32.1. The third-order valence-electron chi connectivity index (χ3n) is 17.5. The maximum absolute atomic E-state index is 15.6. The van der Waals surface area contributed by atoms with E-state index in [1.54, 1.807) is 60.7 Å². The highest BCUT2D eigenvalue weighted by Crippen LogP contribution is 2.22. The summed E-state index contributed by atoms with van der Waals surface area (Å²) in [6, 6.07) is 1.14. The molecular weight excluding hydrogens is 1480 g/mol. The molecule has 1 aliphatic rings. The summed E-state index contributed by atoms with van der Waals surface area (Å²) in [5, 5.41) is 52.0. The number of unbranched alkanes of at least 4 members (excludes halogenated alkanes) is 1. The first-order chi connectivity index (χ1) is 53.1. The number of carboxylic acid groups (broad SMARTS) is 1. The standard InChI is InChI=1S/C71H100N20O20S/c1-37(92)59-69(109)87-51(31-43-33-78-36-80-43)66(106)83-45(16-19-54(74)94)61(101)88-53(35-112-27-22-48(81-38(2)93)63(103)82-46(64(104)90-59)17-20-55(75)95)67(107)84-49(29-39-11-14-44(15-12-39)111-26-25-73)65(105)85-50(30-40-10-13-41-8-4-5-9-42(41)28-40)68(108)91-71(3,23-6-7-24-72)70(110)89-47(18-21-58(98)99)62(102)86-52(32-56(76)96)60(100)79-34-57(77)97/h4-5,8-15,28,33,36-37,45-53,59,92H,6-7,16-27,29-32,34-35,72-73H2,1-3H3,(H2,74,94)(H2,75,95)(H2,76,96)(H2,77,97)(H,78,80)(H,79,100)(H,81,93)(H,82,103)(H,83,106)(H,84,107)(H,85,105)(H,86,102)(H,87,109)(H,88,101)(H,89,110)(H,90,104)(H,91,108)(H,98,99)/t37-,45+,46+,47+,48+,49+,50+,51+,52+,53+,59+,71+/m1/s1. The molecule has 1 saturated heterocycles. The number of aliphatic carboxylic acids is 1. The second-order valence-electron chi connectivity index (χ2n) is 26.8. The minimum atomic E-state index is -2.09. The molecule has 610 valence electrons. The molecule has 2 heterocycles. The maximum Gasteiger partial charge on any atom is 0.303 e. The molecule has 16 amide bonds. The van der Waals surface area contributed by atoms with Gasteiger partial charge in [0, 0.05) is 69.6 Å². The Morgan fingerprint density at radius 3 is 1.84 bits per heavy atom. The van der Waals surface area contributed by atoms with Gasteiger partial charge in [-0.3, -0.25) is 81.5 Å². The molecule has 27 N–H and O–H groups in total. The first kappa shape index (κ1) is 90.8. The zero-order valence-electron chi connectivity index (χ0n) is 62.1. The van der Waals surface area contributed by atoms with E-state index in [0.29, 0.717) is 22.3 Å². The van der Waals surface area contributed by atoms with E-state index in [-0.39, 0.29) is 63.2 Å². The number of nitrogens with two attached hydrogens (primary N) is 6. The number of fused-ring (bicyclic) bond motifs is 1. The van der Waals surface area contributed by atoms with Crippen LogP contribution < -0.4 is 103 Å². The number of benzene rings is 3. The number of amides is 16. The average Bonchev–Trinajstić information content (AvgIpc) is 0.963. The number of rotatable bonds is 39. The highest BCUT2D eigenvalue weighted by Gasteiger charge is 2.42. The number of thioether (sulfide) groups is 1. The van der Waals surface area contributed by atoms with Gasteiger partial charge in [-0.2, -0.15) is 11.8 Å². The zero-order valence-corrected chi connectivity index (χ0v) is 62.9. The van der Waals surface area contributed by atoms with E-state index in [0.717, 1.165) is 31.0 Å². The number of ether oxygens (including phenoxy) is 1. The molecule has 41 heteroatoms. The number of aliphatic hydroxyl groups is 1. The molecule has 4 aromatic rings. The van der Waals surface area contributed by atoms with Crippen molar-refractivity contribution in [2.45, 2.75) is 183 Å². The Morgan fingerprint density at radius 1 is 0.643 bits per heavy atom. The number of nitrogens with one attached hydrogen (secondary N) is 13. The number of imidazole rings is 1. The van der Waals surface area contributed by atoms with Gasteiger partial charge >= 0.3 is 5.97 Å². The number of carboxylic acids is 1. The Morgan fingerprint density at radius 2 is 1.24 bits per heavy atom. The van der Waals surface area contributed by atoms with Gasteiger partial charge in [-0.05, 0) is 105 Å². The molecule has 0 bridgehead atoms. The minimum Gasteiger partial charge on any atom is -0.492 e. The van der Waals surface area contributed by atoms with E-state index in [4.69, 9.17) is 39.1 Å². The van der Waals surface area contributed by atoms with Crippen molar-refractivity contribution in [3.63, 3.8) is 0 Å². The third-order valence-corrected chi connectivity index (χ3v) is 18.6. The van der Waals surface area contributed by atoms with Crippen LogP contribution in [0.2, 0.25) is 0 Å². The van der Waals surface area contributed by atoms with Crippen LogP contribution in [0.3, 0.4) is 0 Å². The molecule has 0 saturated carbocycles. The highest BCUT2D eigenvalue weighted by atomic mass is 32.2. The summed E-state index contributed by atoms with van der Waals surface area (Å²) in [4.78, 5) is 241. The molecule has 0 radical (unpaired) electrons. The fourth-order valence-corrected chi connectivity index (χ4v) is 12.6. The van der Waals surface area contributed by atoms with Crippen molar-refractivity contribution in [3.8, 4) is 5.75 Å². The van der Waals surface area contributed by atoms with Crippen LogP contribution >= 0.6 is 11.8 Å². The van der Waals surface area contributed by atoms with Crippen LogP contribution in [0.5, 0.6) is 5.75 Å². The number of aromatic amines is 1. The molecule has 0 spiro atoms. The van der Waals surface area contributed by atoms with Crippen LogP contribution in [-0.4, -0.2) is 230 Å². The topological polar surface area (TPSA) is 669 Å². The van der Waals surface area contributed by atoms with E-state index in [9.17, 15) is 77.3 Å². The number of carbonyl (C=O) groups is 17. The Kier molecular flexibility index (Phi) is 36.7. The monoisotopic (exact) mass is 1580 g/mol. The fraction of sp³-hybridized carbons (Fsp3) is 0.493. The van der Waals surface area contributed by atoms with E-state index >= 15 is 14.4 Å². The van der Waals surface area contributed by atoms with Crippen molar-refractivity contribution in [3.05, 3.63) is 96.1 Å². The van der Waals surface area contributed by atoms with Gasteiger partial charge in [0.25, 0.3) is 0 Å². The average molecular weight is 1590 g/mol. The molecular formula is C71H100N20O20S. The van der Waals surface area contributed by atoms with E-state index < -0.39 is 243 Å². The number of hydrogen-bond acceptors (Lipinski definition) is 23. The number of aromatic nitrogens is 2. The van der Waals surface area contributed by atoms with Crippen molar-refractivity contribution in [1.29, 1.82) is 0 Å². The SMILES string of the molecule is CC(=O)N[C@H]1CCSC[C@@H](C(=O)N[C@@H](Cc2ccc(OCCN)cc2)C(=O)N[C@@H](Cc2ccc3ccccc3c2)C(=O)N[C@@](C)(CCCCN)C(=O)N[C@@H](CCC(=O)O)C(=O)N[C@@H](CC(N)=O)C(=O)NCC(N)=O)NC(=O)[C@H](CCC(N)=O)NC(=O)[C@H](Cc2cnc[nH]2)NC(=O)[C@H]([C@@H](C)O)NC(=O)[C@H](CCC(N)=O)NC1=O. The van der Waals surface area contributed by atoms with Gasteiger partial charge in [-0.1, -0.05) is 54.6 Å². The summed E-state index contributed by atoms with van der Waals surface area (Å²) in [7, 11) is 0. The molecule has 1 aliphatic heterocycles. The minimum absolute atomic E-state index is 0.0879. The van der Waals surface area contributed by atoms with Crippen LogP contribution in [0.1, 0.15) is 108 Å². The number of primary amides is 4. The van der Waals surface area contributed by atoms with Crippen LogP contribution in [0, 0.1) is 0 Å². The molecule has 1 aromatic heterocycles. The van der Waals surface area contributed by atoms with Crippen molar-refractivity contribution >= 4 is 123 Å². The van der Waals surface area contributed by atoms with E-state index in [2.05, 4.69) is 73.8 Å². The van der Waals surface area contributed by atoms with E-state index in [1.165, 1.54) is 19.4 Å². The van der Waals surface area contributed by atoms with Crippen molar-refractivity contribution in [2.75, 3.05) is 37.7 Å². The van der Waals surface area contributed by atoms with E-state index in [1.807, 2.05) is 6.07 Å². The molecule has 5 rings (SSSR count). The summed E-state index contributed by atoms with van der Waals surface area (Å²) in [5.74, 6) is -18.6. The normalized spacial score (nSPS) is 19.1. The number of H-pyrrole nitrogens is 1. The second-order valence-corrected chi connectivity index (χ2v) is 28.0. The zero-order chi connectivity index (χ0) is 82.8. The first-order valence-corrected chi connectivity index (χ1v) is 37.0. The van der Waals surface area contributed by atoms with Gasteiger partial charge < -0.3 is 118 Å². The molecule has 12 atom stereocenters. The Labute approximate surface area is 647 Å². The molecule has 40 nitrogen and oxygen atoms in total. The predicted octanol–water partition coefficient (Wildman–Crippen LogP) is -6.81. The van der Waals surface area contributed by atoms with Gasteiger partial charge in [0.05, 0.1) is 25.4 Å². The quantitative estimate of drug-likeness (QED) is 0.0185. The number of nitrogens with zero attached hydrogens (tertiary/aromatic N) is 1. The Balaban J connectivity index is 1.65. The van der Waals surface area contributed by atoms with Gasteiger partial charge in [0.15, 0.2) is 0 Å². The van der Waals surface area contributed by atoms with Gasteiger partial charge in [-0.25, -0.2) is 4.98 Å². The summed E-state index contributed by atoms with van der Waals surface area (Å²) < 4.78 is 5.69. The first-order valence-electron chi connectivity index (χ1n) is 35.9.